The number of thiocarbonyl (C=S) groups is 1. The minimum Gasteiger partial charge on any atom is -0.393 e. The molecule has 1 rings (SSSR count). The third-order valence-corrected chi connectivity index (χ3v) is 2.78. The van der Waals surface area contributed by atoms with Crippen LogP contribution in [0.3, 0.4) is 0 Å². The molecule has 3 nitrogen and oxygen atoms in total. The highest BCUT2D eigenvalue weighted by Crippen LogP contribution is 2.15. The fourth-order valence-corrected chi connectivity index (χ4v) is 1.74. The molecule has 0 saturated carbocycles. The van der Waals surface area contributed by atoms with Crippen molar-refractivity contribution in [1.82, 2.24) is 0 Å². The van der Waals surface area contributed by atoms with Gasteiger partial charge in [-0.3, -0.25) is 4.79 Å². The van der Waals surface area contributed by atoms with Gasteiger partial charge in [0.1, 0.15) is 5.82 Å². The van der Waals surface area contributed by atoms with Crippen LogP contribution >= 0.6 is 12.2 Å². The van der Waals surface area contributed by atoms with Crippen molar-refractivity contribution >= 4 is 28.8 Å². The Labute approximate surface area is 105 Å². The number of rotatable bonds is 4. The SMILES string of the molecule is CCC(C(=O)Nc1ccc(F)c(C)c1)C(N)=S. The summed E-state index contributed by atoms with van der Waals surface area (Å²) in [5.74, 6) is -1.05. The zero-order chi connectivity index (χ0) is 13.0. The highest BCUT2D eigenvalue weighted by Gasteiger charge is 2.19. The molecule has 0 aliphatic carbocycles. The average molecular weight is 254 g/mol. The Bertz CT molecular complexity index is 448. The van der Waals surface area contributed by atoms with E-state index in [1.54, 1.807) is 13.0 Å². The van der Waals surface area contributed by atoms with Crippen molar-refractivity contribution in [3.8, 4) is 0 Å². The van der Waals surface area contributed by atoms with E-state index in [1.165, 1.54) is 12.1 Å². The Balaban J connectivity index is 2.80. The molecule has 5 heteroatoms. The zero-order valence-electron chi connectivity index (χ0n) is 9.79. The standard InChI is InChI=1S/C12H15FN2OS/c1-3-9(11(14)17)12(16)15-8-4-5-10(13)7(2)6-8/h4-6,9H,3H2,1-2H3,(H2,14,17)(H,15,16). The molecule has 0 aliphatic rings. The van der Waals surface area contributed by atoms with E-state index < -0.39 is 5.92 Å². The maximum Gasteiger partial charge on any atom is 0.234 e. The molecule has 1 unspecified atom stereocenters. The number of nitrogens with one attached hydrogen (secondary N) is 1. The van der Waals surface area contributed by atoms with E-state index in [0.29, 0.717) is 17.7 Å². The van der Waals surface area contributed by atoms with E-state index in [9.17, 15) is 9.18 Å². The predicted octanol–water partition coefficient (Wildman–Crippen LogP) is 2.38. The minimum absolute atomic E-state index is 0.170. The summed E-state index contributed by atoms with van der Waals surface area (Å²) in [5, 5.41) is 2.67. The van der Waals surface area contributed by atoms with Crippen molar-refractivity contribution in [3.05, 3.63) is 29.6 Å². The van der Waals surface area contributed by atoms with Crippen molar-refractivity contribution in [2.45, 2.75) is 20.3 Å². The molecule has 1 atom stereocenters. The number of hydrogen-bond acceptors (Lipinski definition) is 2. The topological polar surface area (TPSA) is 55.1 Å². The van der Waals surface area contributed by atoms with Gasteiger partial charge >= 0.3 is 0 Å². The molecule has 0 bridgehead atoms. The second kappa shape index (κ2) is 5.72. The Hall–Kier alpha value is -1.49. The van der Waals surface area contributed by atoms with E-state index in [1.807, 2.05) is 6.92 Å². The molecule has 0 heterocycles. The molecule has 1 amide bonds. The Morgan fingerprint density at radius 2 is 2.24 bits per heavy atom. The van der Waals surface area contributed by atoms with Crippen LogP contribution in [0, 0.1) is 18.7 Å². The fraction of sp³-hybridized carbons (Fsp3) is 0.333. The summed E-state index contributed by atoms with van der Waals surface area (Å²) in [5.41, 5.74) is 6.49. The maximum atomic E-state index is 13.0. The quantitative estimate of drug-likeness (QED) is 0.811. The number of carbonyl (C=O) groups is 1. The number of halogens is 1. The van der Waals surface area contributed by atoms with E-state index in [0.717, 1.165) is 0 Å². The van der Waals surface area contributed by atoms with E-state index in [2.05, 4.69) is 5.32 Å². The van der Waals surface area contributed by atoms with Gasteiger partial charge in [-0.05, 0) is 37.1 Å². The first-order chi connectivity index (χ1) is 7.95. The number of nitrogens with two attached hydrogens (primary N) is 1. The Kier molecular flexibility index (Phi) is 4.57. The number of carbonyl (C=O) groups excluding carboxylic acids is 1. The van der Waals surface area contributed by atoms with Crippen LogP contribution in [0.5, 0.6) is 0 Å². The lowest BCUT2D eigenvalue weighted by Gasteiger charge is -2.13. The van der Waals surface area contributed by atoms with Gasteiger partial charge in [0.05, 0.1) is 10.9 Å². The van der Waals surface area contributed by atoms with E-state index in [4.69, 9.17) is 18.0 Å². The molecule has 17 heavy (non-hydrogen) atoms. The van der Waals surface area contributed by atoms with Gasteiger partial charge < -0.3 is 11.1 Å². The van der Waals surface area contributed by atoms with Crippen LogP contribution in [0.1, 0.15) is 18.9 Å². The molecule has 92 valence electrons. The molecular weight excluding hydrogens is 239 g/mol. The Morgan fingerprint density at radius 3 is 2.71 bits per heavy atom. The number of benzene rings is 1. The second-order valence-electron chi connectivity index (χ2n) is 3.82. The zero-order valence-corrected chi connectivity index (χ0v) is 10.6. The van der Waals surface area contributed by atoms with Crippen molar-refractivity contribution in [2.75, 3.05) is 5.32 Å². The maximum absolute atomic E-state index is 13.0. The van der Waals surface area contributed by atoms with Gasteiger partial charge in [0, 0.05) is 5.69 Å². The van der Waals surface area contributed by atoms with Crippen LogP contribution in [-0.2, 0) is 4.79 Å². The van der Waals surface area contributed by atoms with Crippen LogP contribution in [0.25, 0.3) is 0 Å². The van der Waals surface area contributed by atoms with Crippen molar-refractivity contribution < 1.29 is 9.18 Å². The molecule has 0 fully saturated rings. The largest absolute Gasteiger partial charge is 0.393 e. The minimum atomic E-state index is -0.490. The monoisotopic (exact) mass is 254 g/mol. The lowest BCUT2D eigenvalue weighted by molar-refractivity contribution is -0.118. The van der Waals surface area contributed by atoms with Crippen LogP contribution in [-0.4, -0.2) is 10.9 Å². The number of amides is 1. The van der Waals surface area contributed by atoms with Gasteiger partial charge in [0.2, 0.25) is 5.91 Å². The summed E-state index contributed by atoms with van der Waals surface area (Å²) >= 11 is 4.81. The Morgan fingerprint density at radius 1 is 1.59 bits per heavy atom. The summed E-state index contributed by atoms with van der Waals surface area (Å²) in [6.07, 6.45) is 0.543. The fourth-order valence-electron chi connectivity index (χ4n) is 1.47. The second-order valence-corrected chi connectivity index (χ2v) is 4.29. The summed E-state index contributed by atoms with van der Waals surface area (Å²) in [6, 6.07) is 4.39. The summed E-state index contributed by atoms with van der Waals surface area (Å²) in [7, 11) is 0. The molecule has 0 saturated heterocycles. The normalized spacial score (nSPS) is 11.9. The lowest BCUT2D eigenvalue weighted by atomic mass is 10.1. The summed E-state index contributed by atoms with van der Waals surface area (Å²) < 4.78 is 13.0. The molecule has 0 spiro atoms. The smallest absolute Gasteiger partial charge is 0.234 e. The average Bonchev–Trinajstić information content (AvgIpc) is 2.24. The van der Waals surface area contributed by atoms with Crippen LogP contribution in [0.2, 0.25) is 0 Å². The third kappa shape index (κ3) is 3.49. The molecule has 0 radical (unpaired) electrons. The highest BCUT2D eigenvalue weighted by molar-refractivity contribution is 7.80. The van der Waals surface area contributed by atoms with Crippen molar-refractivity contribution in [1.29, 1.82) is 0 Å². The van der Waals surface area contributed by atoms with E-state index >= 15 is 0 Å². The summed E-state index contributed by atoms with van der Waals surface area (Å²) in [6.45, 7) is 3.47. The molecule has 0 aliphatic heterocycles. The van der Waals surface area contributed by atoms with Gasteiger partial charge in [0.25, 0.3) is 0 Å². The van der Waals surface area contributed by atoms with Crippen LogP contribution in [0.4, 0.5) is 10.1 Å². The van der Waals surface area contributed by atoms with Crippen molar-refractivity contribution in [2.24, 2.45) is 11.7 Å². The molecule has 1 aromatic rings. The molecule has 0 aromatic heterocycles. The van der Waals surface area contributed by atoms with Gasteiger partial charge in [-0.25, -0.2) is 4.39 Å². The van der Waals surface area contributed by atoms with Gasteiger partial charge in [0.15, 0.2) is 0 Å². The first-order valence-corrected chi connectivity index (χ1v) is 5.72. The summed E-state index contributed by atoms with van der Waals surface area (Å²) in [4.78, 5) is 12.0. The lowest BCUT2D eigenvalue weighted by Crippen LogP contribution is -2.32. The molecular formula is C12H15FN2OS. The predicted molar refractivity (Wildman–Crippen MR) is 70.3 cm³/mol. The van der Waals surface area contributed by atoms with Crippen LogP contribution in [0.15, 0.2) is 18.2 Å². The van der Waals surface area contributed by atoms with Gasteiger partial charge in [-0.1, -0.05) is 19.1 Å². The van der Waals surface area contributed by atoms with Crippen molar-refractivity contribution in [3.63, 3.8) is 0 Å². The van der Waals surface area contributed by atoms with Gasteiger partial charge in [-0.2, -0.15) is 0 Å². The van der Waals surface area contributed by atoms with E-state index in [-0.39, 0.29) is 16.7 Å². The molecule has 3 N–H and O–H groups in total. The number of hydrogen-bond donors (Lipinski definition) is 2. The molecule has 1 aromatic carbocycles. The van der Waals surface area contributed by atoms with Gasteiger partial charge in [-0.15, -0.1) is 0 Å². The highest BCUT2D eigenvalue weighted by atomic mass is 32.1. The van der Waals surface area contributed by atoms with Crippen LogP contribution < -0.4 is 11.1 Å². The first-order valence-electron chi connectivity index (χ1n) is 5.32. The first kappa shape index (κ1) is 13.6. The number of anilines is 1. The third-order valence-electron chi connectivity index (χ3n) is 2.49. The number of aryl methyl sites for hydroxylation is 1.